The molecule has 0 saturated carbocycles. The Kier molecular flexibility index (Phi) is 33.7. The average Bonchev–Trinajstić information content (AvgIpc) is 2.64. The predicted molar refractivity (Wildman–Crippen MR) is 127 cm³/mol. The largest absolute Gasteiger partial charge is 0.331 e. The van der Waals surface area contributed by atoms with Gasteiger partial charge < -0.3 is 4.48 Å². The molecular weight excluding hydrogens is 408 g/mol. The molecule has 0 aliphatic heterocycles. The fraction of sp³-hybridized carbons (Fsp3) is 1.00. The summed E-state index contributed by atoms with van der Waals surface area (Å²) in [5.41, 5.74) is 0. The number of hydrogen-bond acceptors (Lipinski definition) is 1. The van der Waals surface area contributed by atoms with Crippen LogP contribution < -0.4 is 5.25 Å². The maximum atomic E-state index is 4.14. The standard InChI is InChI=1S/C21H46N.CH3Br.ClH2N/c1-5-6-7-8-9-10-11-12-13-14-15-16-17-18-19-20-21-22(2,3)4;2*1-2/h5-21H2,1-4H3;1H3;2H2/q+1;;. The SMILES string of the molecule is CBr.CCCCCCCCCCCCCCCCCC[N+](C)(C)C.NCl. The van der Waals surface area contributed by atoms with E-state index in [4.69, 9.17) is 0 Å². The Bertz CT molecular complexity index is 221. The number of nitrogens with two attached hydrogens (primary N) is 1. The van der Waals surface area contributed by atoms with Crippen molar-refractivity contribution in [3.63, 3.8) is 0 Å². The Morgan fingerprint density at radius 3 is 1.00 bits per heavy atom. The number of hydrogen-bond donors (Lipinski definition) is 1. The third kappa shape index (κ3) is 35.7. The molecule has 0 fully saturated rings. The van der Waals surface area contributed by atoms with Crippen LogP contribution in [0.2, 0.25) is 0 Å². The Labute approximate surface area is 180 Å². The van der Waals surface area contributed by atoms with Crippen LogP contribution in [0, 0.1) is 0 Å². The van der Waals surface area contributed by atoms with Gasteiger partial charge in [-0.1, -0.05) is 113 Å². The lowest BCUT2D eigenvalue weighted by Crippen LogP contribution is -2.35. The highest BCUT2D eigenvalue weighted by Crippen LogP contribution is 2.13. The lowest BCUT2D eigenvalue weighted by atomic mass is 10.0. The van der Waals surface area contributed by atoms with Crippen LogP contribution in [0.1, 0.15) is 110 Å². The summed E-state index contributed by atoms with van der Waals surface area (Å²) in [6.07, 6.45) is 23.4. The van der Waals surface area contributed by atoms with Gasteiger partial charge in [0.25, 0.3) is 0 Å². The molecular formula is C22H51BrClN2+. The van der Waals surface area contributed by atoms with E-state index in [-0.39, 0.29) is 0 Å². The van der Waals surface area contributed by atoms with Crippen molar-refractivity contribution in [2.24, 2.45) is 5.25 Å². The number of quaternary nitrogens is 1. The van der Waals surface area contributed by atoms with E-state index < -0.39 is 0 Å². The molecule has 0 aromatic heterocycles. The van der Waals surface area contributed by atoms with Crippen LogP contribution in [0.25, 0.3) is 0 Å². The lowest BCUT2D eigenvalue weighted by Gasteiger charge is -2.23. The monoisotopic (exact) mass is 457 g/mol. The molecule has 0 radical (unpaired) electrons. The summed E-state index contributed by atoms with van der Waals surface area (Å²) in [7, 11) is 6.89. The zero-order valence-electron chi connectivity index (χ0n) is 18.8. The zero-order chi connectivity index (χ0) is 20.5. The second-order valence-corrected chi connectivity index (χ2v) is 8.32. The van der Waals surface area contributed by atoms with Crippen LogP contribution in [0.5, 0.6) is 0 Å². The molecule has 0 aliphatic carbocycles. The van der Waals surface area contributed by atoms with Gasteiger partial charge in [0.05, 0.1) is 27.7 Å². The van der Waals surface area contributed by atoms with Gasteiger partial charge in [0.2, 0.25) is 0 Å². The minimum atomic E-state index is 1.12. The molecule has 0 unspecified atom stereocenters. The molecule has 2 N–H and O–H groups in total. The minimum Gasteiger partial charge on any atom is -0.331 e. The first-order valence-electron chi connectivity index (χ1n) is 11.0. The fourth-order valence-electron chi connectivity index (χ4n) is 3.13. The van der Waals surface area contributed by atoms with E-state index in [1.54, 1.807) is 0 Å². The highest BCUT2D eigenvalue weighted by Gasteiger charge is 2.04. The first-order chi connectivity index (χ1) is 12.6. The molecule has 162 valence electrons. The molecule has 0 aromatic rings. The molecule has 0 saturated heterocycles. The molecule has 26 heavy (non-hydrogen) atoms. The van der Waals surface area contributed by atoms with Crippen LogP contribution in [0.4, 0.5) is 0 Å². The van der Waals surface area contributed by atoms with E-state index in [9.17, 15) is 0 Å². The van der Waals surface area contributed by atoms with Crippen molar-refractivity contribution in [2.45, 2.75) is 110 Å². The Balaban J connectivity index is -0.00000123. The summed E-state index contributed by atoms with van der Waals surface area (Å²) in [6, 6.07) is 0. The van der Waals surface area contributed by atoms with Crippen molar-refractivity contribution in [2.75, 3.05) is 33.5 Å². The number of alkyl halides is 1. The van der Waals surface area contributed by atoms with Gasteiger partial charge in [-0.2, -0.15) is 0 Å². The Morgan fingerprint density at radius 1 is 0.538 bits per heavy atom. The second kappa shape index (κ2) is 27.9. The van der Waals surface area contributed by atoms with Crippen LogP contribution in [0.3, 0.4) is 0 Å². The minimum absolute atomic E-state index is 1.12. The van der Waals surface area contributed by atoms with Crippen LogP contribution in [-0.2, 0) is 0 Å². The first-order valence-corrected chi connectivity index (χ1v) is 13.0. The highest BCUT2D eigenvalue weighted by molar-refractivity contribution is 9.08. The van der Waals surface area contributed by atoms with Crippen molar-refractivity contribution in [3.8, 4) is 0 Å². The number of halogens is 2. The van der Waals surface area contributed by atoms with Gasteiger partial charge in [-0.15, -0.1) is 0 Å². The van der Waals surface area contributed by atoms with Gasteiger partial charge in [0.15, 0.2) is 0 Å². The molecule has 2 nitrogen and oxygen atoms in total. The van der Waals surface area contributed by atoms with E-state index in [0.29, 0.717) is 0 Å². The van der Waals surface area contributed by atoms with Crippen LogP contribution in [0.15, 0.2) is 0 Å². The van der Waals surface area contributed by atoms with Crippen molar-refractivity contribution >= 4 is 27.7 Å². The third-order valence-corrected chi connectivity index (χ3v) is 4.68. The number of nitrogens with zero attached hydrogens (tertiary/aromatic N) is 1. The van der Waals surface area contributed by atoms with Crippen molar-refractivity contribution in [1.29, 1.82) is 0 Å². The summed E-state index contributed by atoms with van der Waals surface area (Å²) in [4.78, 5) is 0. The number of unbranched alkanes of at least 4 members (excludes halogenated alkanes) is 15. The molecule has 0 aliphatic rings. The molecule has 0 bridgehead atoms. The smallest absolute Gasteiger partial charge is 0.0780 e. The van der Waals surface area contributed by atoms with Crippen molar-refractivity contribution < 1.29 is 4.48 Å². The fourth-order valence-corrected chi connectivity index (χ4v) is 3.13. The summed E-state index contributed by atoms with van der Waals surface area (Å²) in [5.74, 6) is 1.81. The summed E-state index contributed by atoms with van der Waals surface area (Å²) >= 11 is 7.08. The molecule has 0 aromatic carbocycles. The molecule has 0 spiro atoms. The Morgan fingerprint density at radius 2 is 0.769 bits per heavy atom. The third-order valence-electron chi connectivity index (χ3n) is 4.68. The van der Waals surface area contributed by atoms with Gasteiger partial charge in [-0.3, -0.25) is 0 Å². The average molecular weight is 459 g/mol. The van der Waals surface area contributed by atoms with Gasteiger partial charge in [0.1, 0.15) is 0 Å². The topological polar surface area (TPSA) is 26.0 Å². The molecule has 0 atom stereocenters. The van der Waals surface area contributed by atoms with Crippen molar-refractivity contribution in [1.82, 2.24) is 0 Å². The van der Waals surface area contributed by atoms with Crippen LogP contribution >= 0.6 is 27.7 Å². The van der Waals surface area contributed by atoms with E-state index in [1.165, 1.54) is 109 Å². The maximum absolute atomic E-state index is 4.14. The van der Waals surface area contributed by atoms with Gasteiger partial charge >= 0.3 is 0 Å². The predicted octanol–water partition coefficient (Wildman–Crippen LogP) is 8.06. The summed E-state index contributed by atoms with van der Waals surface area (Å²) in [5, 5.41) is 3.97. The van der Waals surface area contributed by atoms with Gasteiger partial charge in [-0.05, 0) is 30.5 Å². The van der Waals surface area contributed by atoms with Crippen molar-refractivity contribution in [3.05, 3.63) is 0 Å². The van der Waals surface area contributed by atoms with E-state index in [0.717, 1.165) is 4.48 Å². The van der Waals surface area contributed by atoms with E-state index in [2.05, 4.69) is 61.0 Å². The highest BCUT2D eigenvalue weighted by atomic mass is 79.9. The summed E-state index contributed by atoms with van der Waals surface area (Å²) < 4.78 is 1.12. The molecule has 0 rings (SSSR count). The van der Waals surface area contributed by atoms with Gasteiger partial charge in [-0.25, -0.2) is 5.25 Å². The van der Waals surface area contributed by atoms with E-state index in [1.807, 2.05) is 5.83 Å². The van der Waals surface area contributed by atoms with Gasteiger partial charge in [0, 0.05) is 0 Å². The number of rotatable bonds is 17. The summed E-state index contributed by atoms with van der Waals surface area (Å²) in [6.45, 7) is 3.63. The second-order valence-electron chi connectivity index (χ2n) is 8.32. The van der Waals surface area contributed by atoms with Crippen LogP contribution in [-0.4, -0.2) is 38.0 Å². The lowest BCUT2D eigenvalue weighted by molar-refractivity contribution is -0.870. The molecule has 0 heterocycles. The quantitative estimate of drug-likeness (QED) is 0.101. The Hall–Kier alpha value is 0.690. The first kappa shape index (κ1) is 31.4. The normalized spacial score (nSPS) is 10.6. The van der Waals surface area contributed by atoms with E-state index >= 15 is 0 Å². The maximum Gasteiger partial charge on any atom is 0.0780 e. The molecule has 0 amide bonds. The zero-order valence-corrected chi connectivity index (χ0v) is 21.1. The molecule has 4 heteroatoms.